The minimum Gasteiger partial charge on any atom is -0.448 e. The zero-order valence-electron chi connectivity index (χ0n) is 17.3. The Balaban J connectivity index is 1.33. The van der Waals surface area contributed by atoms with Crippen molar-refractivity contribution in [2.75, 3.05) is 25.5 Å². The molecule has 7 nitrogen and oxygen atoms in total. The third-order valence-corrected chi connectivity index (χ3v) is 5.78. The first-order valence-electron chi connectivity index (χ1n) is 10.4. The molecule has 1 aliphatic rings. The summed E-state index contributed by atoms with van der Waals surface area (Å²) in [6.07, 6.45) is 8.75. The monoisotopic (exact) mass is 413 g/mol. The largest absolute Gasteiger partial charge is 0.448 e. The molecule has 0 unspecified atom stereocenters. The van der Waals surface area contributed by atoms with E-state index in [-0.39, 0.29) is 17.5 Å². The van der Waals surface area contributed by atoms with Gasteiger partial charge >= 0.3 is 0 Å². The number of likely N-dealkylation sites (tertiary alicyclic amines) is 1. The number of carbonyl (C=O) groups excluding carboxylic acids is 1. The molecule has 5 rings (SSSR count). The zero-order valence-corrected chi connectivity index (χ0v) is 17.3. The van der Waals surface area contributed by atoms with E-state index in [1.54, 1.807) is 12.4 Å². The normalized spacial score (nSPS) is 15.3. The lowest BCUT2D eigenvalue weighted by atomic mass is 9.97. The third kappa shape index (κ3) is 4.18. The lowest BCUT2D eigenvalue weighted by Crippen LogP contribution is -2.29. The van der Waals surface area contributed by atoms with E-state index in [4.69, 9.17) is 4.42 Å². The second kappa shape index (κ2) is 8.28. The van der Waals surface area contributed by atoms with Crippen LogP contribution in [0.5, 0.6) is 0 Å². The first-order valence-corrected chi connectivity index (χ1v) is 10.4. The SMILES string of the molecule is CN1CCC(c2nc(C(=O)Nc3cc4cc(-c5cccnc5)ccc4cn3)co2)CC1. The summed E-state index contributed by atoms with van der Waals surface area (Å²) < 4.78 is 5.62. The van der Waals surface area contributed by atoms with Crippen molar-refractivity contribution in [1.82, 2.24) is 19.9 Å². The summed E-state index contributed by atoms with van der Waals surface area (Å²) in [5, 5.41) is 4.82. The molecule has 7 heteroatoms. The number of benzene rings is 1. The number of hydrogen-bond acceptors (Lipinski definition) is 6. The topological polar surface area (TPSA) is 84.2 Å². The Bertz CT molecular complexity index is 1210. The van der Waals surface area contributed by atoms with Gasteiger partial charge in [-0.2, -0.15) is 0 Å². The van der Waals surface area contributed by atoms with Gasteiger partial charge in [0.25, 0.3) is 5.91 Å². The minimum absolute atomic E-state index is 0.266. The Morgan fingerprint density at radius 3 is 2.77 bits per heavy atom. The van der Waals surface area contributed by atoms with Crippen molar-refractivity contribution in [2.24, 2.45) is 0 Å². The Hall–Kier alpha value is -3.58. The van der Waals surface area contributed by atoms with Crippen LogP contribution in [-0.2, 0) is 0 Å². The van der Waals surface area contributed by atoms with Crippen LogP contribution in [0, 0.1) is 0 Å². The number of fused-ring (bicyclic) bond motifs is 1. The van der Waals surface area contributed by atoms with Crippen molar-refractivity contribution >= 4 is 22.5 Å². The van der Waals surface area contributed by atoms with Gasteiger partial charge < -0.3 is 14.6 Å². The van der Waals surface area contributed by atoms with Crippen molar-refractivity contribution in [3.63, 3.8) is 0 Å². The number of anilines is 1. The van der Waals surface area contributed by atoms with E-state index < -0.39 is 0 Å². The smallest absolute Gasteiger partial charge is 0.278 e. The molecule has 1 aromatic carbocycles. The van der Waals surface area contributed by atoms with E-state index >= 15 is 0 Å². The van der Waals surface area contributed by atoms with Crippen molar-refractivity contribution in [1.29, 1.82) is 0 Å². The average molecular weight is 413 g/mol. The van der Waals surface area contributed by atoms with Gasteiger partial charge in [-0.3, -0.25) is 9.78 Å². The standard InChI is InChI=1S/C24H23N5O2/c1-29-9-6-16(7-10-29)24-27-21(15-31-24)23(30)28-22-12-20-11-17(4-5-19(20)14-26-22)18-3-2-8-25-13-18/h2-5,8,11-16H,6-7,9-10H2,1H3,(H,26,28,30). The van der Waals surface area contributed by atoms with E-state index in [2.05, 4.69) is 38.3 Å². The van der Waals surface area contributed by atoms with Crippen molar-refractivity contribution < 1.29 is 9.21 Å². The van der Waals surface area contributed by atoms with E-state index in [0.717, 1.165) is 47.8 Å². The van der Waals surface area contributed by atoms with Crippen LogP contribution in [-0.4, -0.2) is 45.9 Å². The summed E-state index contributed by atoms with van der Waals surface area (Å²) in [4.78, 5) is 28.0. The second-order valence-electron chi connectivity index (χ2n) is 7.98. The van der Waals surface area contributed by atoms with Crippen LogP contribution in [0.4, 0.5) is 5.82 Å². The van der Waals surface area contributed by atoms with Gasteiger partial charge in [0.05, 0.1) is 0 Å². The number of pyridine rings is 2. The molecule has 0 saturated carbocycles. The summed E-state index contributed by atoms with van der Waals surface area (Å²) in [6, 6.07) is 11.9. The Morgan fingerprint density at radius 2 is 1.97 bits per heavy atom. The first kappa shape index (κ1) is 19.4. The van der Waals surface area contributed by atoms with Crippen LogP contribution in [0.25, 0.3) is 21.9 Å². The molecule has 0 bridgehead atoms. The molecule has 0 spiro atoms. The quantitative estimate of drug-likeness (QED) is 0.536. The van der Waals surface area contributed by atoms with Gasteiger partial charge in [0.15, 0.2) is 11.6 Å². The summed E-state index contributed by atoms with van der Waals surface area (Å²) in [7, 11) is 2.11. The van der Waals surface area contributed by atoms with Gasteiger partial charge in [-0.15, -0.1) is 0 Å². The van der Waals surface area contributed by atoms with Crippen LogP contribution in [0.15, 0.2) is 65.7 Å². The van der Waals surface area contributed by atoms with Gasteiger partial charge in [-0.05, 0) is 62.1 Å². The molecule has 1 aliphatic heterocycles. The maximum absolute atomic E-state index is 12.7. The maximum Gasteiger partial charge on any atom is 0.278 e. The van der Waals surface area contributed by atoms with Gasteiger partial charge in [-0.1, -0.05) is 18.2 Å². The van der Waals surface area contributed by atoms with Gasteiger partial charge in [0.2, 0.25) is 0 Å². The highest BCUT2D eigenvalue weighted by Crippen LogP contribution is 2.27. The molecule has 1 fully saturated rings. The highest BCUT2D eigenvalue weighted by Gasteiger charge is 2.24. The molecule has 0 atom stereocenters. The lowest BCUT2D eigenvalue weighted by Gasteiger charge is -2.26. The van der Waals surface area contributed by atoms with Crippen LogP contribution < -0.4 is 5.32 Å². The van der Waals surface area contributed by atoms with E-state index in [0.29, 0.717) is 11.7 Å². The molecule has 4 heterocycles. The maximum atomic E-state index is 12.7. The molecular formula is C24H23N5O2. The van der Waals surface area contributed by atoms with Crippen LogP contribution in [0.1, 0.15) is 35.1 Å². The van der Waals surface area contributed by atoms with Crippen LogP contribution in [0.3, 0.4) is 0 Å². The van der Waals surface area contributed by atoms with Gasteiger partial charge in [-0.25, -0.2) is 9.97 Å². The predicted octanol–water partition coefficient (Wildman–Crippen LogP) is 4.35. The highest BCUT2D eigenvalue weighted by atomic mass is 16.3. The number of amides is 1. The fraction of sp³-hybridized carbons (Fsp3) is 0.250. The third-order valence-electron chi connectivity index (χ3n) is 5.78. The fourth-order valence-electron chi connectivity index (χ4n) is 3.94. The van der Waals surface area contributed by atoms with E-state index in [9.17, 15) is 4.79 Å². The van der Waals surface area contributed by atoms with Crippen molar-refractivity contribution in [3.8, 4) is 11.1 Å². The van der Waals surface area contributed by atoms with E-state index in [1.807, 2.05) is 36.5 Å². The molecule has 4 aromatic rings. The highest BCUT2D eigenvalue weighted by molar-refractivity contribution is 6.03. The van der Waals surface area contributed by atoms with Crippen LogP contribution in [0.2, 0.25) is 0 Å². The van der Waals surface area contributed by atoms with Crippen LogP contribution >= 0.6 is 0 Å². The van der Waals surface area contributed by atoms with Crippen molar-refractivity contribution in [3.05, 3.63) is 72.8 Å². The number of nitrogens with zero attached hydrogens (tertiary/aromatic N) is 4. The Morgan fingerprint density at radius 1 is 1.10 bits per heavy atom. The minimum atomic E-state index is -0.321. The van der Waals surface area contributed by atoms with Crippen molar-refractivity contribution in [2.45, 2.75) is 18.8 Å². The Labute approximate surface area is 180 Å². The molecule has 31 heavy (non-hydrogen) atoms. The second-order valence-corrected chi connectivity index (χ2v) is 7.98. The summed E-state index contributed by atoms with van der Waals surface area (Å²) in [6.45, 7) is 2.02. The molecule has 1 amide bonds. The molecule has 1 saturated heterocycles. The Kier molecular flexibility index (Phi) is 5.18. The number of piperidine rings is 1. The molecule has 1 N–H and O–H groups in total. The zero-order chi connectivity index (χ0) is 21.2. The molecule has 0 radical (unpaired) electrons. The van der Waals surface area contributed by atoms with Gasteiger partial charge in [0.1, 0.15) is 12.1 Å². The number of oxazole rings is 1. The number of hydrogen-bond donors (Lipinski definition) is 1. The summed E-state index contributed by atoms with van der Waals surface area (Å²) in [5.41, 5.74) is 2.37. The number of aromatic nitrogens is 3. The lowest BCUT2D eigenvalue weighted by molar-refractivity contribution is 0.102. The molecular weight excluding hydrogens is 390 g/mol. The number of rotatable bonds is 4. The first-order chi connectivity index (χ1) is 15.2. The molecule has 0 aliphatic carbocycles. The summed E-state index contributed by atoms with van der Waals surface area (Å²) >= 11 is 0. The number of carbonyl (C=O) groups is 1. The molecule has 156 valence electrons. The fourth-order valence-corrected chi connectivity index (χ4v) is 3.94. The average Bonchev–Trinajstić information content (AvgIpc) is 3.30. The molecule has 3 aromatic heterocycles. The van der Waals surface area contributed by atoms with Gasteiger partial charge in [0, 0.05) is 35.5 Å². The number of nitrogens with one attached hydrogen (secondary N) is 1. The van der Waals surface area contributed by atoms with E-state index in [1.165, 1.54) is 6.26 Å². The predicted molar refractivity (Wildman–Crippen MR) is 119 cm³/mol. The summed E-state index contributed by atoms with van der Waals surface area (Å²) in [5.74, 6) is 1.07.